The number of ether oxygens (including phenoxy) is 2. The molecule has 1 atom stereocenters. The minimum Gasteiger partial charge on any atom is -0.444 e. The second-order valence-corrected chi connectivity index (χ2v) is 9.61. The molecule has 1 aliphatic rings. The molecule has 1 N–H and O–H groups in total. The van der Waals surface area contributed by atoms with E-state index < -0.39 is 17.4 Å². The number of carbonyl (C=O) groups is 2. The van der Waals surface area contributed by atoms with Crippen LogP contribution in [0.1, 0.15) is 49.9 Å². The van der Waals surface area contributed by atoms with Crippen molar-refractivity contribution in [2.45, 2.75) is 58.6 Å². The summed E-state index contributed by atoms with van der Waals surface area (Å²) < 4.78 is 11.9. The van der Waals surface area contributed by atoms with E-state index in [-0.39, 0.29) is 12.5 Å². The third kappa shape index (κ3) is 5.23. The highest BCUT2D eigenvalue weighted by atomic mass is 16.6. The Bertz CT molecular complexity index is 1200. The van der Waals surface area contributed by atoms with Crippen LogP contribution in [0.15, 0.2) is 78.9 Å². The second kappa shape index (κ2) is 9.92. The number of benzene rings is 3. The molecule has 6 heteroatoms. The Labute approximate surface area is 206 Å². The second-order valence-electron chi connectivity index (χ2n) is 9.61. The molecule has 0 fully saturated rings. The number of anilines is 1. The lowest BCUT2D eigenvalue weighted by molar-refractivity contribution is -0.151. The lowest BCUT2D eigenvalue weighted by atomic mass is 10.0. The molecule has 182 valence electrons. The largest absolute Gasteiger partial charge is 0.444 e. The van der Waals surface area contributed by atoms with Crippen LogP contribution in [0.25, 0.3) is 0 Å². The lowest BCUT2D eigenvalue weighted by Crippen LogP contribution is -2.55. The van der Waals surface area contributed by atoms with Gasteiger partial charge in [-0.25, -0.2) is 4.79 Å². The van der Waals surface area contributed by atoms with Gasteiger partial charge in [-0.1, -0.05) is 79.7 Å². The van der Waals surface area contributed by atoms with Gasteiger partial charge in [0.25, 0.3) is 11.6 Å². The molecule has 3 aromatic rings. The molecule has 4 rings (SSSR count). The van der Waals surface area contributed by atoms with Gasteiger partial charge in [-0.3, -0.25) is 10.1 Å². The molecule has 0 aromatic heterocycles. The van der Waals surface area contributed by atoms with Crippen molar-refractivity contribution in [1.82, 2.24) is 5.32 Å². The summed E-state index contributed by atoms with van der Waals surface area (Å²) in [6.45, 7) is 7.92. The Balaban J connectivity index is 1.75. The first kappa shape index (κ1) is 24.5. The van der Waals surface area contributed by atoms with Crippen LogP contribution in [0.4, 0.5) is 10.5 Å². The molecule has 0 saturated carbocycles. The van der Waals surface area contributed by atoms with Crippen LogP contribution in [0.2, 0.25) is 0 Å². The Morgan fingerprint density at radius 2 is 1.54 bits per heavy atom. The molecule has 0 bridgehead atoms. The molecule has 0 saturated heterocycles. The van der Waals surface area contributed by atoms with E-state index in [2.05, 4.69) is 12.2 Å². The highest BCUT2D eigenvalue weighted by molar-refractivity contribution is 6.08. The molecule has 1 heterocycles. The van der Waals surface area contributed by atoms with Crippen molar-refractivity contribution in [2.24, 2.45) is 0 Å². The van der Waals surface area contributed by atoms with E-state index in [4.69, 9.17) is 9.47 Å². The van der Waals surface area contributed by atoms with Gasteiger partial charge in [0.05, 0.1) is 18.8 Å². The topological polar surface area (TPSA) is 67.9 Å². The standard InChI is InChI=1S/C29H32N2O4/c1-5-22-15-9-10-16-23(22)20-34-29(30-27(33)35-28(2,3)4)24-17-11-12-18-25(24)31(26(29)32)19-21-13-7-6-8-14-21/h6-18H,5,19-20H2,1-4H3,(H,30,33)/t29-/m1/s1. The van der Waals surface area contributed by atoms with Crippen LogP contribution in [0.3, 0.4) is 0 Å². The highest BCUT2D eigenvalue weighted by Crippen LogP contribution is 2.42. The van der Waals surface area contributed by atoms with Gasteiger partial charge in [-0.05, 0) is 49.9 Å². The number of aryl methyl sites for hydroxylation is 1. The summed E-state index contributed by atoms with van der Waals surface area (Å²) in [6, 6.07) is 25.1. The molecule has 0 spiro atoms. The fraction of sp³-hybridized carbons (Fsp3) is 0.310. The third-order valence-corrected chi connectivity index (χ3v) is 5.92. The summed E-state index contributed by atoms with van der Waals surface area (Å²) in [5.41, 5.74) is 1.90. The average molecular weight is 473 g/mol. The lowest BCUT2D eigenvalue weighted by Gasteiger charge is -2.31. The van der Waals surface area contributed by atoms with Crippen LogP contribution < -0.4 is 10.2 Å². The molecule has 2 amide bonds. The molecule has 3 aromatic carbocycles. The van der Waals surface area contributed by atoms with Gasteiger partial charge in [0, 0.05) is 5.56 Å². The van der Waals surface area contributed by atoms with Crippen molar-refractivity contribution in [1.29, 1.82) is 0 Å². The number of hydrogen-bond donors (Lipinski definition) is 1. The van der Waals surface area contributed by atoms with Gasteiger partial charge in [0.15, 0.2) is 0 Å². The van der Waals surface area contributed by atoms with Crippen LogP contribution in [0, 0.1) is 0 Å². The van der Waals surface area contributed by atoms with Crippen molar-refractivity contribution in [3.63, 3.8) is 0 Å². The van der Waals surface area contributed by atoms with Crippen LogP contribution in [-0.2, 0) is 39.6 Å². The monoisotopic (exact) mass is 472 g/mol. The normalized spacial score (nSPS) is 17.3. The predicted molar refractivity (Wildman–Crippen MR) is 136 cm³/mol. The maximum absolute atomic E-state index is 14.1. The zero-order valence-corrected chi connectivity index (χ0v) is 20.7. The summed E-state index contributed by atoms with van der Waals surface area (Å²) in [6.07, 6.45) is 0.113. The summed E-state index contributed by atoms with van der Waals surface area (Å²) >= 11 is 0. The van der Waals surface area contributed by atoms with E-state index in [1.165, 1.54) is 0 Å². The number of nitrogens with one attached hydrogen (secondary N) is 1. The van der Waals surface area contributed by atoms with E-state index in [1.807, 2.05) is 78.9 Å². The first-order chi connectivity index (χ1) is 16.7. The molecular formula is C29H32N2O4. The molecule has 35 heavy (non-hydrogen) atoms. The van der Waals surface area contributed by atoms with Crippen LogP contribution >= 0.6 is 0 Å². The summed E-state index contributed by atoms with van der Waals surface area (Å²) in [4.78, 5) is 28.7. The van der Waals surface area contributed by atoms with Crippen molar-refractivity contribution >= 4 is 17.7 Å². The number of nitrogens with zero attached hydrogens (tertiary/aromatic N) is 1. The quantitative estimate of drug-likeness (QED) is 0.449. The maximum atomic E-state index is 14.1. The van der Waals surface area contributed by atoms with Crippen LogP contribution in [-0.4, -0.2) is 17.6 Å². The minimum atomic E-state index is -1.71. The Morgan fingerprint density at radius 1 is 0.914 bits per heavy atom. The third-order valence-electron chi connectivity index (χ3n) is 5.92. The maximum Gasteiger partial charge on any atom is 0.410 e. The van der Waals surface area contributed by atoms with Crippen molar-refractivity contribution < 1.29 is 19.1 Å². The van der Waals surface area contributed by atoms with E-state index >= 15 is 0 Å². The molecule has 0 unspecified atom stereocenters. The van der Waals surface area contributed by atoms with Gasteiger partial charge >= 0.3 is 6.09 Å². The average Bonchev–Trinajstić information content (AvgIpc) is 3.05. The Hall–Kier alpha value is -3.64. The smallest absolute Gasteiger partial charge is 0.410 e. The zero-order valence-electron chi connectivity index (χ0n) is 20.7. The first-order valence-electron chi connectivity index (χ1n) is 11.9. The van der Waals surface area contributed by atoms with E-state index in [0.29, 0.717) is 17.8 Å². The van der Waals surface area contributed by atoms with Gasteiger partial charge in [0.1, 0.15) is 5.60 Å². The summed E-state index contributed by atoms with van der Waals surface area (Å²) in [5, 5.41) is 2.80. The highest BCUT2D eigenvalue weighted by Gasteiger charge is 2.54. The fourth-order valence-corrected chi connectivity index (χ4v) is 4.32. The molecule has 0 aliphatic carbocycles. The molecule has 6 nitrogen and oxygen atoms in total. The molecular weight excluding hydrogens is 440 g/mol. The first-order valence-corrected chi connectivity index (χ1v) is 11.9. The number of para-hydroxylation sites is 1. The number of fused-ring (bicyclic) bond motifs is 1. The summed E-state index contributed by atoms with van der Waals surface area (Å²) in [5.74, 6) is -0.359. The van der Waals surface area contributed by atoms with Gasteiger partial charge in [-0.15, -0.1) is 0 Å². The van der Waals surface area contributed by atoms with Gasteiger partial charge in [0.2, 0.25) is 0 Å². The van der Waals surface area contributed by atoms with Gasteiger partial charge < -0.3 is 14.4 Å². The Kier molecular flexibility index (Phi) is 6.94. The van der Waals surface area contributed by atoms with E-state index in [0.717, 1.165) is 23.1 Å². The van der Waals surface area contributed by atoms with Crippen molar-refractivity contribution in [2.75, 3.05) is 4.90 Å². The molecule has 1 aliphatic heterocycles. The van der Waals surface area contributed by atoms with Crippen LogP contribution in [0.5, 0.6) is 0 Å². The van der Waals surface area contributed by atoms with E-state index in [1.54, 1.807) is 25.7 Å². The molecule has 0 radical (unpaired) electrons. The minimum absolute atomic E-state index is 0.152. The number of amides is 2. The fourth-order valence-electron chi connectivity index (χ4n) is 4.32. The number of hydrogen-bond acceptors (Lipinski definition) is 4. The Morgan fingerprint density at radius 3 is 2.23 bits per heavy atom. The summed E-state index contributed by atoms with van der Waals surface area (Å²) in [7, 11) is 0. The van der Waals surface area contributed by atoms with E-state index in [9.17, 15) is 9.59 Å². The number of rotatable bonds is 7. The van der Waals surface area contributed by atoms with Gasteiger partial charge in [-0.2, -0.15) is 0 Å². The van der Waals surface area contributed by atoms with Crippen molar-refractivity contribution in [3.05, 3.63) is 101 Å². The predicted octanol–water partition coefficient (Wildman–Crippen LogP) is 5.69. The SMILES string of the molecule is CCc1ccccc1CO[C@@]1(NC(=O)OC(C)(C)C)C(=O)N(Cc2ccccc2)c2ccccc21. The number of carbonyl (C=O) groups excluding carboxylic acids is 2. The zero-order chi connectivity index (χ0) is 25.1. The van der Waals surface area contributed by atoms with Crippen molar-refractivity contribution in [3.8, 4) is 0 Å². The number of alkyl carbamates (subject to hydrolysis) is 1.